The van der Waals surface area contributed by atoms with Crippen LogP contribution < -0.4 is 10.6 Å². The van der Waals surface area contributed by atoms with E-state index in [4.69, 9.17) is 4.74 Å². The molecule has 1 fully saturated rings. The molecule has 0 saturated heterocycles. The highest BCUT2D eigenvalue weighted by Gasteiger charge is 2.28. The second-order valence-corrected chi connectivity index (χ2v) is 9.11. The molecular formula is C23H34N2O4. The summed E-state index contributed by atoms with van der Waals surface area (Å²) in [6, 6.07) is 7.41. The van der Waals surface area contributed by atoms with Crippen molar-refractivity contribution in [3.8, 4) is 0 Å². The fourth-order valence-electron chi connectivity index (χ4n) is 3.61. The monoisotopic (exact) mass is 402 g/mol. The van der Waals surface area contributed by atoms with E-state index in [0.29, 0.717) is 17.4 Å². The van der Waals surface area contributed by atoms with Crippen LogP contribution in [0.4, 0.5) is 0 Å². The minimum absolute atomic E-state index is 0.00679. The highest BCUT2D eigenvalue weighted by atomic mass is 16.5. The van der Waals surface area contributed by atoms with Crippen molar-refractivity contribution in [1.82, 2.24) is 10.6 Å². The Morgan fingerprint density at radius 2 is 1.72 bits per heavy atom. The summed E-state index contributed by atoms with van der Waals surface area (Å²) in [5.74, 6) is -0.299. The Bertz CT molecular complexity index is 721. The van der Waals surface area contributed by atoms with Crippen molar-refractivity contribution in [2.24, 2.45) is 11.8 Å². The van der Waals surface area contributed by atoms with Gasteiger partial charge in [0, 0.05) is 11.6 Å². The van der Waals surface area contributed by atoms with Gasteiger partial charge in [0.1, 0.15) is 6.54 Å². The molecule has 2 amide bonds. The predicted octanol–water partition coefficient (Wildman–Crippen LogP) is 3.20. The molecule has 0 unspecified atom stereocenters. The van der Waals surface area contributed by atoms with Gasteiger partial charge < -0.3 is 15.4 Å². The van der Waals surface area contributed by atoms with Gasteiger partial charge in [0.05, 0.1) is 0 Å². The van der Waals surface area contributed by atoms with E-state index < -0.39 is 5.97 Å². The van der Waals surface area contributed by atoms with Gasteiger partial charge in [-0.15, -0.1) is 0 Å². The number of ether oxygens (including phenoxy) is 1. The molecule has 1 saturated carbocycles. The standard InChI is InChI=1S/C23H34N2O4/c1-15-7-6-8-19(16(15)2)25-20(26)14-29-21(27)13-24-22(28)17-9-11-18(12-10-17)23(3,4)5/h9-12,15-16,19H,6-8,13-14H2,1-5H3,(H,24,28)(H,25,26)/t15-,16+,19+/m0/s1. The average Bonchev–Trinajstić information content (AvgIpc) is 2.67. The molecule has 2 N–H and O–H groups in total. The highest BCUT2D eigenvalue weighted by molar-refractivity contribution is 5.96. The van der Waals surface area contributed by atoms with Crippen molar-refractivity contribution in [3.63, 3.8) is 0 Å². The predicted molar refractivity (Wildman–Crippen MR) is 113 cm³/mol. The average molecular weight is 403 g/mol. The van der Waals surface area contributed by atoms with Gasteiger partial charge in [-0.25, -0.2) is 0 Å². The maximum Gasteiger partial charge on any atom is 0.325 e. The molecule has 29 heavy (non-hydrogen) atoms. The summed E-state index contributed by atoms with van der Waals surface area (Å²) in [4.78, 5) is 36.1. The number of esters is 1. The van der Waals surface area contributed by atoms with Gasteiger partial charge in [-0.3, -0.25) is 14.4 Å². The van der Waals surface area contributed by atoms with Crippen LogP contribution in [0.2, 0.25) is 0 Å². The summed E-state index contributed by atoms with van der Waals surface area (Å²) in [7, 11) is 0. The molecule has 6 nitrogen and oxygen atoms in total. The number of hydrogen-bond donors (Lipinski definition) is 2. The lowest BCUT2D eigenvalue weighted by Crippen LogP contribution is -2.45. The van der Waals surface area contributed by atoms with Crippen LogP contribution in [0, 0.1) is 11.8 Å². The number of rotatable bonds is 6. The third-order valence-corrected chi connectivity index (χ3v) is 5.82. The first-order valence-electron chi connectivity index (χ1n) is 10.4. The lowest BCUT2D eigenvalue weighted by Gasteiger charge is -2.34. The van der Waals surface area contributed by atoms with E-state index in [1.807, 2.05) is 12.1 Å². The van der Waals surface area contributed by atoms with E-state index in [-0.39, 0.29) is 36.4 Å². The molecule has 0 aliphatic heterocycles. The topological polar surface area (TPSA) is 84.5 Å². The van der Waals surface area contributed by atoms with Gasteiger partial charge in [0.25, 0.3) is 11.8 Å². The molecule has 1 aromatic rings. The van der Waals surface area contributed by atoms with E-state index in [9.17, 15) is 14.4 Å². The zero-order valence-corrected chi connectivity index (χ0v) is 18.2. The van der Waals surface area contributed by atoms with Crippen molar-refractivity contribution < 1.29 is 19.1 Å². The third-order valence-electron chi connectivity index (χ3n) is 5.82. The Morgan fingerprint density at radius 1 is 1.07 bits per heavy atom. The van der Waals surface area contributed by atoms with Gasteiger partial charge in [-0.05, 0) is 41.4 Å². The van der Waals surface area contributed by atoms with Crippen molar-refractivity contribution >= 4 is 17.8 Å². The quantitative estimate of drug-likeness (QED) is 0.716. The van der Waals surface area contributed by atoms with Gasteiger partial charge in [0.2, 0.25) is 0 Å². The molecule has 6 heteroatoms. The van der Waals surface area contributed by atoms with Crippen LogP contribution in [0.3, 0.4) is 0 Å². The first kappa shape index (κ1) is 22.9. The maximum absolute atomic E-state index is 12.2. The number of carbonyl (C=O) groups excluding carboxylic acids is 3. The van der Waals surface area contributed by atoms with Crippen molar-refractivity contribution in [3.05, 3.63) is 35.4 Å². The summed E-state index contributed by atoms with van der Waals surface area (Å²) in [6.07, 6.45) is 3.23. The van der Waals surface area contributed by atoms with E-state index in [1.165, 1.54) is 6.42 Å². The lowest BCUT2D eigenvalue weighted by molar-refractivity contribution is -0.147. The zero-order chi connectivity index (χ0) is 21.6. The van der Waals surface area contributed by atoms with Crippen LogP contribution in [0.15, 0.2) is 24.3 Å². The smallest absolute Gasteiger partial charge is 0.325 e. The Morgan fingerprint density at radius 3 is 2.34 bits per heavy atom. The van der Waals surface area contributed by atoms with Crippen LogP contribution >= 0.6 is 0 Å². The lowest BCUT2D eigenvalue weighted by atomic mass is 9.78. The van der Waals surface area contributed by atoms with Crippen LogP contribution in [0.5, 0.6) is 0 Å². The fraction of sp³-hybridized carbons (Fsp3) is 0.609. The van der Waals surface area contributed by atoms with E-state index in [2.05, 4.69) is 45.3 Å². The normalized spacial score (nSPS) is 21.9. The number of amides is 2. The summed E-state index contributed by atoms with van der Waals surface area (Å²) in [5, 5.41) is 5.49. The molecule has 1 aliphatic carbocycles. The molecule has 1 aliphatic rings. The van der Waals surface area contributed by atoms with Crippen LogP contribution in [-0.2, 0) is 19.7 Å². The highest BCUT2D eigenvalue weighted by Crippen LogP contribution is 2.29. The van der Waals surface area contributed by atoms with Gasteiger partial charge in [0.15, 0.2) is 6.61 Å². The largest absolute Gasteiger partial charge is 0.454 e. The Kier molecular flexibility index (Phi) is 7.82. The molecule has 0 radical (unpaired) electrons. The van der Waals surface area contributed by atoms with Gasteiger partial charge >= 0.3 is 5.97 Å². The van der Waals surface area contributed by atoms with Gasteiger partial charge in [-0.1, -0.05) is 59.6 Å². The molecule has 0 bridgehead atoms. The van der Waals surface area contributed by atoms with Gasteiger partial charge in [-0.2, -0.15) is 0 Å². The number of carbonyl (C=O) groups is 3. The Hall–Kier alpha value is -2.37. The number of benzene rings is 1. The third kappa shape index (κ3) is 6.87. The SMILES string of the molecule is C[C@@H]1[C@@H](C)CCC[C@H]1NC(=O)COC(=O)CNC(=O)c1ccc(C(C)(C)C)cc1. The first-order chi connectivity index (χ1) is 13.6. The molecule has 0 heterocycles. The van der Waals surface area contributed by atoms with E-state index in [1.54, 1.807) is 12.1 Å². The first-order valence-corrected chi connectivity index (χ1v) is 10.4. The van der Waals surface area contributed by atoms with Crippen LogP contribution in [0.1, 0.15) is 69.8 Å². The van der Waals surface area contributed by atoms with Crippen LogP contribution in [0.25, 0.3) is 0 Å². The zero-order valence-electron chi connectivity index (χ0n) is 18.2. The van der Waals surface area contributed by atoms with Crippen molar-refractivity contribution in [2.45, 2.75) is 65.3 Å². The molecule has 0 spiro atoms. The number of hydrogen-bond acceptors (Lipinski definition) is 4. The molecular weight excluding hydrogens is 368 g/mol. The number of nitrogens with one attached hydrogen (secondary N) is 2. The van der Waals surface area contributed by atoms with E-state index in [0.717, 1.165) is 18.4 Å². The molecule has 3 atom stereocenters. The minimum atomic E-state index is -0.634. The minimum Gasteiger partial charge on any atom is -0.454 e. The molecule has 160 valence electrons. The van der Waals surface area contributed by atoms with Crippen molar-refractivity contribution in [1.29, 1.82) is 0 Å². The van der Waals surface area contributed by atoms with E-state index >= 15 is 0 Å². The van der Waals surface area contributed by atoms with Crippen LogP contribution in [-0.4, -0.2) is 37.0 Å². The molecule has 1 aromatic carbocycles. The summed E-state index contributed by atoms with van der Waals surface area (Å²) in [5.41, 5.74) is 1.61. The second-order valence-electron chi connectivity index (χ2n) is 9.11. The molecule has 2 rings (SSSR count). The summed E-state index contributed by atoms with van der Waals surface area (Å²) < 4.78 is 4.99. The Labute approximate surface area is 173 Å². The fourth-order valence-corrected chi connectivity index (χ4v) is 3.61. The maximum atomic E-state index is 12.2. The second kappa shape index (κ2) is 9.90. The van der Waals surface area contributed by atoms with Crippen molar-refractivity contribution in [2.75, 3.05) is 13.2 Å². The molecule has 0 aromatic heterocycles. The summed E-state index contributed by atoms with van der Waals surface area (Å²) in [6.45, 7) is 10.0. The summed E-state index contributed by atoms with van der Waals surface area (Å²) >= 11 is 0. The Balaban J connectivity index is 1.72.